The third-order valence-electron chi connectivity index (χ3n) is 5.83. The van der Waals surface area contributed by atoms with Crippen LogP contribution in [-0.2, 0) is 11.2 Å². The van der Waals surface area contributed by atoms with Crippen LogP contribution >= 0.6 is 34.5 Å². The molecular formula is C27H22Cl2N4O7S. The third kappa shape index (κ3) is 6.51. The van der Waals surface area contributed by atoms with Crippen LogP contribution in [-0.4, -0.2) is 48.0 Å². The zero-order valence-electron chi connectivity index (χ0n) is 21.8. The fourth-order valence-corrected chi connectivity index (χ4v) is 5.14. The van der Waals surface area contributed by atoms with Gasteiger partial charge in [0.2, 0.25) is 10.9 Å². The van der Waals surface area contributed by atoms with Gasteiger partial charge in [0.15, 0.2) is 11.5 Å². The minimum absolute atomic E-state index is 0.203. The highest BCUT2D eigenvalue weighted by molar-refractivity contribution is 7.19. The van der Waals surface area contributed by atoms with E-state index in [0.717, 1.165) is 0 Å². The van der Waals surface area contributed by atoms with E-state index in [9.17, 15) is 20.0 Å². The number of methoxy groups -OCH3 is 3. The number of nitro groups is 1. The lowest BCUT2D eigenvalue weighted by molar-refractivity contribution is -0.385. The number of rotatable bonds is 11. The first kappa shape index (κ1) is 29.6. The van der Waals surface area contributed by atoms with Gasteiger partial charge in [-0.3, -0.25) is 15.5 Å². The second-order valence-electron chi connectivity index (χ2n) is 8.28. The molecule has 3 aromatic carbocycles. The largest absolute Gasteiger partial charge is 0.493 e. The van der Waals surface area contributed by atoms with Crippen LogP contribution in [0.2, 0.25) is 10.0 Å². The highest BCUT2D eigenvalue weighted by atomic mass is 35.5. The van der Waals surface area contributed by atoms with Crippen LogP contribution in [0.5, 0.6) is 17.2 Å². The number of halogens is 2. The maximum Gasteiger partial charge on any atom is 0.352 e. The van der Waals surface area contributed by atoms with Gasteiger partial charge in [0.1, 0.15) is 5.71 Å². The van der Waals surface area contributed by atoms with Gasteiger partial charge in [-0.05, 0) is 29.8 Å². The predicted molar refractivity (Wildman–Crippen MR) is 158 cm³/mol. The Kier molecular flexibility index (Phi) is 9.28. The molecule has 2 N–H and O–H groups in total. The summed E-state index contributed by atoms with van der Waals surface area (Å²) < 4.78 is 16.4. The van der Waals surface area contributed by atoms with Crippen molar-refractivity contribution < 1.29 is 29.0 Å². The molecule has 0 aliphatic heterocycles. The van der Waals surface area contributed by atoms with Gasteiger partial charge in [0.25, 0.3) is 5.69 Å². The lowest BCUT2D eigenvalue weighted by Crippen LogP contribution is -2.18. The number of carboxylic acids is 1. The molecule has 11 nitrogen and oxygen atoms in total. The number of benzene rings is 3. The first-order valence-corrected chi connectivity index (χ1v) is 13.3. The van der Waals surface area contributed by atoms with Crippen molar-refractivity contribution >= 4 is 57.0 Å². The van der Waals surface area contributed by atoms with Crippen LogP contribution in [0.4, 0.5) is 10.8 Å². The molecule has 0 aliphatic carbocycles. The zero-order chi connectivity index (χ0) is 29.7. The van der Waals surface area contributed by atoms with E-state index in [1.807, 2.05) is 0 Å². The summed E-state index contributed by atoms with van der Waals surface area (Å²) in [6, 6.07) is 14.4. The van der Waals surface area contributed by atoms with Crippen molar-refractivity contribution in [2.75, 3.05) is 26.8 Å². The molecule has 0 unspecified atom stereocenters. The Labute approximate surface area is 248 Å². The number of hydrazone groups is 1. The minimum atomic E-state index is -1.35. The fraction of sp³-hybridized carbons (Fsp3) is 0.148. The summed E-state index contributed by atoms with van der Waals surface area (Å²) in [6.07, 6.45) is -0.287. The number of ether oxygens (including phenoxy) is 3. The van der Waals surface area contributed by atoms with Crippen molar-refractivity contribution in [2.45, 2.75) is 6.42 Å². The number of carboxylic acid groups (broad SMARTS) is 1. The molecule has 0 saturated carbocycles. The van der Waals surface area contributed by atoms with Crippen molar-refractivity contribution in [1.82, 2.24) is 4.98 Å². The smallest absolute Gasteiger partial charge is 0.352 e. The lowest BCUT2D eigenvalue weighted by atomic mass is 10.1. The van der Waals surface area contributed by atoms with Gasteiger partial charge < -0.3 is 19.3 Å². The van der Waals surface area contributed by atoms with Crippen molar-refractivity contribution in [3.05, 3.63) is 80.3 Å². The third-order valence-corrected chi connectivity index (χ3v) is 7.57. The monoisotopic (exact) mass is 616 g/mol. The molecule has 1 aromatic heterocycles. The highest BCUT2D eigenvalue weighted by Gasteiger charge is 2.22. The number of anilines is 1. The van der Waals surface area contributed by atoms with Gasteiger partial charge in [-0.1, -0.05) is 58.8 Å². The number of hydrogen-bond donors (Lipinski definition) is 2. The molecule has 1 heterocycles. The highest BCUT2D eigenvalue weighted by Crippen LogP contribution is 2.46. The number of nitrogens with zero attached hydrogens (tertiary/aromatic N) is 3. The Morgan fingerprint density at radius 2 is 1.71 bits per heavy atom. The standard InChI is InChI=1S/C27H22Cl2N4O7S/c1-38-21-12-16(13-22(39-2)24(21)40-3)23-25(15-8-9-17(28)18(29)10-15)41-27(30-23)32-31-19(26(34)35)11-14-6-4-5-7-20(14)33(36)37/h4-10,12-13H,11H2,1-3H3,(H,30,32)(H,34,35)/b31-19+. The number of carbonyl (C=O) groups is 1. The van der Waals surface area contributed by atoms with Crippen LogP contribution in [0.25, 0.3) is 21.7 Å². The van der Waals surface area contributed by atoms with Gasteiger partial charge in [-0.25, -0.2) is 9.78 Å². The van der Waals surface area contributed by atoms with Crippen LogP contribution in [0.3, 0.4) is 0 Å². The summed E-state index contributed by atoms with van der Waals surface area (Å²) in [4.78, 5) is 28.1. The van der Waals surface area contributed by atoms with Crippen molar-refractivity contribution in [2.24, 2.45) is 5.10 Å². The maximum atomic E-state index is 12.0. The summed E-state index contributed by atoms with van der Waals surface area (Å²) in [5.41, 5.74) is 4.13. The summed E-state index contributed by atoms with van der Waals surface area (Å²) in [7, 11) is 4.48. The molecule has 0 fully saturated rings. The maximum absolute atomic E-state index is 12.0. The van der Waals surface area contributed by atoms with Crippen LogP contribution in [0.15, 0.2) is 59.7 Å². The number of thiazole rings is 1. The molecule has 0 spiro atoms. The summed E-state index contributed by atoms with van der Waals surface area (Å²) in [6.45, 7) is 0. The van der Waals surface area contributed by atoms with Crippen LogP contribution in [0.1, 0.15) is 5.56 Å². The lowest BCUT2D eigenvalue weighted by Gasteiger charge is -2.14. The molecule has 4 aromatic rings. The number of nitro benzene ring substituents is 1. The normalized spacial score (nSPS) is 11.2. The van der Waals surface area contributed by atoms with Gasteiger partial charge in [0.05, 0.1) is 46.9 Å². The van der Waals surface area contributed by atoms with Crippen LogP contribution < -0.4 is 19.6 Å². The number of nitrogens with one attached hydrogen (secondary N) is 1. The van der Waals surface area contributed by atoms with E-state index in [1.165, 1.54) is 50.9 Å². The molecule has 4 rings (SSSR count). The number of hydrogen-bond acceptors (Lipinski definition) is 10. The Balaban J connectivity index is 1.80. The Morgan fingerprint density at radius 1 is 1.02 bits per heavy atom. The number of para-hydroxylation sites is 1. The van der Waals surface area contributed by atoms with Gasteiger partial charge in [-0.2, -0.15) is 5.10 Å². The van der Waals surface area contributed by atoms with E-state index < -0.39 is 10.9 Å². The van der Waals surface area contributed by atoms with Crippen molar-refractivity contribution in [1.29, 1.82) is 0 Å². The first-order valence-electron chi connectivity index (χ1n) is 11.7. The second-order valence-corrected chi connectivity index (χ2v) is 10.1. The molecule has 0 aliphatic rings. The average Bonchev–Trinajstić information content (AvgIpc) is 3.40. The molecule has 14 heteroatoms. The molecule has 0 amide bonds. The van der Waals surface area contributed by atoms with E-state index in [0.29, 0.717) is 49.0 Å². The summed E-state index contributed by atoms with van der Waals surface area (Å²) >= 11 is 13.6. The second kappa shape index (κ2) is 12.9. The summed E-state index contributed by atoms with van der Waals surface area (Å²) in [5, 5.41) is 26.1. The fourth-order valence-electron chi connectivity index (χ4n) is 3.91. The number of aromatic nitrogens is 1. The van der Waals surface area contributed by atoms with Gasteiger partial charge in [0, 0.05) is 23.6 Å². The SMILES string of the molecule is COc1cc(-c2nc(N/N=C(\Cc3ccccc3[N+](=O)[O-])C(=O)O)sc2-c2ccc(Cl)c(Cl)c2)cc(OC)c1OC. The van der Waals surface area contributed by atoms with E-state index in [2.05, 4.69) is 15.5 Å². The molecule has 0 saturated heterocycles. The van der Waals surface area contributed by atoms with Gasteiger partial charge in [-0.15, -0.1) is 0 Å². The molecule has 41 heavy (non-hydrogen) atoms. The van der Waals surface area contributed by atoms with E-state index in [4.69, 9.17) is 37.4 Å². The molecular weight excluding hydrogens is 595 g/mol. The predicted octanol–water partition coefficient (Wildman–Crippen LogP) is 6.81. The Morgan fingerprint density at radius 3 is 2.29 bits per heavy atom. The Bertz CT molecular complexity index is 1630. The minimum Gasteiger partial charge on any atom is -0.493 e. The topological polar surface area (TPSA) is 145 Å². The quantitative estimate of drug-likeness (QED) is 0.105. The molecule has 0 atom stereocenters. The average molecular weight is 617 g/mol. The molecule has 212 valence electrons. The van der Waals surface area contributed by atoms with E-state index in [1.54, 1.807) is 36.4 Å². The molecule has 0 bridgehead atoms. The Hall–Kier alpha value is -4.39. The number of aliphatic carboxylic acids is 1. The summed E-state index contributed by atoms with van der Waals surface area (Å²) in [5.74, 6) is -0.143. The van der Waals surface area contributed by atoms with E-state index in [-0.39, 0.29) is 28.5 Å². The van der Waals surface area contributed by atoms with E-state index >= 15 is 0 Å². The first-order chi connectivity index (χ1) is 19.7. The van der Waals surface area contributed by atoms with Gasteiger partial charge >= 0.3 is 5.97 Å². The zero-order valence-corrected chi connectivity index (χ0v) is 24.1. The van der Waals surface area contributed by atoms with Crippen molar-refractivity contribution in [3.63, 3.8) is 0 Å². The van der Waals surface area contributed by atoms with Crippen molar-refractivity contribution in [3.8, 4) is 38.9 Å². The molecule has 0 radical (unpaired) electrons. The van der Waals surface area contributed by atoms with Crippen LogP contribution in [0, 0.1) is 10.1 Å².